The highest BCUT2D eigenvalue weighted by Gasteiger charge is 2.13. The number of hydrogen-bond donors (Lipinski definition) is 0. The van der Waals surface area contributed by atoms with Crippen LogP contribution in [0.15, 0.2) is 23.1 Å². The van der Waals surface area contributed by atoms with Gasteiger partial charge in [0.15, 0.2) is 0 Å². The normalized spacial score (nSPS) is 12.3. The van der Waals surface area contributed by atoms with Gasteiger partial charge in [-0.25, -0.2) is 16.8 Å². The van der Waals surface area contributed by atoms with E-state index in [9.17, 15) is 16.8 Å². The molecule has 0 amide bonds. The van der Waals surface area contributed by atoms with Crippen LogP contribution < -0.4 is 4.74 Å². The summed E-state index contributed by atoms with van der Waals surface area (Å²) in [5, 5.41) is 0. The standard InChI is InChI=1S/C12H17ClO5S2/c1-3-19(14,15)8-4-7-18-11-5-6-12(10(2)9-11)20(13,16)17/h5-6,9H,3-4,7-8H2,1-2H3. The number of aryl methyl sites for hydroxylation is 1. The Hall–Kier alpha value is -0.790. The number of benzene rings is 1. The lowest BCUT2D eigenvalue weighted by molar-refractivity contribution is 0.317. The molecule has 1 rings (SSSR count). The van der Waals surface area contributed by atoms with Crippen LogP contribution >= 0.6 is 10.7 Å². The topological polar surface area (TPSA) is 77.5 Å². The van der Waals surface area contributed by atoms with Gasteiger partial charge < -0.3 is 4.74 Å². The van der Waals surface area contributed by atoms with Crippen molar-refractivity contribution in [3.8, 4) is 5.75 Å². The molecule has 0 radical (unpaired) electrons. The predicted octanol–water partition coefficient (Wildman–Crippen LogP) is 2.13. The first-order chi connectivity index (χ1) is 9.15. The van der Waals surface area contributed by atoms with Crippen molar-refractivity contribution in [1.29, 1.82) is 0 Å². The highest BCUT2D eigenvalue weighted by atomic mass is 35.7. The predicted molar refractivity (Wildman–Crippen MR) is 78.7 cm³/mol. The molecule has 5 nitrogen and oxygen atoms in total. The highest BCUT2D eigenvalue weighted by molar-refractivity contribution is 8.13. The van der Waals surface area contributed by atoms with Crippen LogP contribution in [0.25, 0.3) is 0 Å². The molecule has 0 saturated carbocycles. The minimum Gasteiger partial charge on any atom is -0.494 e. The first-order valence-corrected chi connectivity index (χ1v) is 10.2. The van der Waals surface area contributed by atoms with E-state index in [0.29, 0.717) is 17.7 Å². The third kappa shape index (κ3) is 5.30. The molecule has 0 fully saturated rings. The van der Waals surface area contributed by atoms with E-state index in [1.807, 2.05) is 0 Å². The summed E-state index contributed by atoms with van der Waals surface area (Å²) in [5.41, 5.74) is 0.485. The van der Waals surface area contributed by atoms with Gasteiger partial charge in [0.25, 0.3) is 9.05 Å². The molecule has 0 bridgehead atoms. The van der Waals surface area contributed by atoms with Crippen LogP contribution in [0.3, 0.4) is 0 Å². The fourth-order valence-electron chi connectivity index (χ4n) is 1.60. The molecule has 8 heteroatoms. The lowest BCUT2D eigenvalue weighted by Gasteiger charge is -2.08. The van der Waals surface area contributed by atoms with Crippen LogP contribution in [0, 0.1) is 6.92 Å². The molecular weight excluding hydrogens is 324 g/mol. The van der Waals surface area contributed by atoms with E-state index in [0.717, 1.165) is 0 Å². The fourth-order valence-corrected chi connectivity index (χ4v) is 3.64. The smallest absolute Gasteiger partial charge is 0.261 e. The van der Waals surface area contributed by atoms with Gasteiger partial charge in [0.05, 0.1) is 17.3 Å². The van der Waals surface area contributed by atoms with Gasteiger partial charge in [-0.3, -0.25) is 0 Å². The SMILES string of the molecule is CCS(=O)(=O)CCCOc1ccc(S(=O)(=O)Cl)c(C)c1. The largest absolute Gasteiger partial charge is 0.494 e. The Balaban J connectivity index is 2.61. The first-order valence-electron chi connectivity index (χ1n) is 6.04. The maximum Gasteiger partial charge on any atom is 0.261 e. The number of rotatable bonds is 7. The van der Waals surface area contributed by atoms with Crippen LogP contribution in [-0.2, 0) is 18.9 Å². The number of ether oxygens (including phenoxy) is 1. The number of halogens is 1. The van der Waals surface area contributed by atoms with Gasteiger partial charge >= 0.3 is 0 Å². The van der Waals surface area contributed by atoms with Crippen molar-refractivity contribution >= 4 is 29.6 Å². The fraction of sp³-hybridized carbons (Fsp3) is 0.500. The van der Waals surface area contributed by atoms with Crippen LogP contribution in [0.2, 0.25) is 0 Å². The number of sulfone groups is 1. The molecule has 1 aromatic rings. The Labute approximate surface area is 124 Å². The van der Waals surface area contributed by atoms with Gasteiger partial charge in [-0.05, 0) is 37.1 Å². The highest BCUT2D eigenvalue weighted by Crippen LogP contribution is 2.23. The van der Waals surface area contributed by atoms with Crippen LogP contribution in [-0.4, -0.2) is 34.9 Å². The first kappa shape index (κ1) is 17.3. The summed E-state index contributed by atoms with van der Waals surface area (Å²) in [6.45, 7) is 3.47. The maximum absolute atomic E-state index is 11.3. The number of hydrogen-bond acceptors (Lipinski definition) is 5. The van der Waals surface area contributed by atoms with E-state index >= 15 is 0 Å². The van der Waals surface area contributed by atoms with Crippen molar-refractivity contribution < 1.29 is 21.6 Å². The zero-order valence-electron chi connectivity index (χ0n) is 11.3. The second-order valence-corrected chi connectivity index (χ2v) is 9.31. The summed E-state index contributed by atoms with van der Waals surface area (Å²) < 4.78 is 50.4. The minimum atomic E-state index is -3.76. The Morgan fingerprint density at radius 3 is 2.35 bits per heavy atom. The van der Waals surface area contributed by atoms with Crippen molar-refractivity contribution in [2.45, 2.75) is 25.2 Å². The van der Waals surface area contributed by atoms with E-state index in [1.54, 1.807) is 19.9 Å². The molecule has 0 spiro atoms. The molecule has 0 heterocycles. The minimum absolute atomic E-state index is 0.0417. The molecule has 0 N–H and O–H groups in total. The Morgan fingerprint density at radius 2 is 1.85 bits per heavy atom. The zero-order valence-corrected chi connectivity index (χ0v) is 13.7. The van der Waals surface area contributed by atoms with Crippen molar-refractivity contribution in [1.82, 2.24) is 0 Å². The molecule has 0 aliphatic carbocycles. The summed E-state index contributed by atoms with van der Waals surface area (Å²) in [4.78, 5) is 0.0417. The van der Waals surface area contributed by atoms with E-state index in [-0.39, 0.29) is 23.0 Å². The monoisotopic (exact) mass is 340 g/mol. The molecule has 0 atom stereocenters. The Morgan fingerprint density at radius 1 is 1.20 bits per heavy atom. The molecule has 1 aromatic carbocycles. The summed E-state index contributed by atoms with van der Waals surface area (Å²) in [6, 6.07) is 4.43. The molecule has 20 heavy (non-hydrogen) atoms. The molecule has 0 aliphatic rings. The third-order valence-corrected chi connectivity index (χ3v) is 5.99. The van der Waals surface area contributed by atoms with Gasteiger partial charge in [-0.15, -0.1) is 0 Å². The third-order valence-electron chi connectivity index (χ3n) is 2.72. The average Bonchev–Trinajstić information content (AvgIpc) is 2.33. The van der Waals surface area contributed by atoms with Crippen LogP contribution in [0.5, 0.6) is 5.75 Å². The molecule has 0 aromatic heterocycles. The average molecular weight is 341 g/mol. The Bertz CT molecular complexity index is 665. The maximum atomic E-state index is 11.3. The van der Waals surface area contributed by atoms with Crippen molar-refractivity contribution in [2.75, 3.05) is 18.1 Å². The molecular formula is C12H17ClO5S2. The lowest BCUT2D eigenvalue weighted by atomic mass is 10.2. The molecule has 0 unspecified atom stereocenters. The Kier molecular flexibility index (Phi) is 5.85. The van der Waals surface area contributed by atoms with E-state index in [1.165, 1.54) is 12.1 Å². The second kappa shape index (κ2) is 6.78. The summed E-state index contributed by atoms with van der Waals surface area (Å²) in [7, 11) is -1.47. The summed E-state index contributed by atoms with van der Waals surface area (Å²) in [6.07, 6.45) is 0.394. The quantitative estimate of drug-likeness (QED) is 0.561. The second-order valence-electron chi connectivity index (χ2n) is 4.30. The van der Waals surface area contributed by atoms with Gasteiger partial charge in [-0.1, -0.05) is 6.92 Å². The summed E-state index contributed by atoms with van der Waals surface area (Å²) in [5.74, 6) is 0.686. The molecule has 114 valence electrons. The lowest BCUT2D eigenvalue weighted by Crippen LogP contribution is -2.11. The van der Waals surface area contributed by atoms with Crippen molar-refractivity contribution in [2.24, 2.45) is 0 Å². The molecule has 0 saturated heterocycles. The van der Waals surface area contributed by atoms with Gasteiger partial charge in [0.1, 0.15) is 15.6 Å². The molecule has 0 aliphatic heterocycles. The van der Waals surface area contributed by atoms with Gasteiger partial charge in [0.2, 0.25) is 0 Å². The van der Waals surface area contributed by atoms with Crippen LogP contribution in [0.1, 0.15) is 18.9 Å². The van der Waals surface area contributed by atoms with Gasteiger partial charge in [0, 0.05) is 16.4 Å². The zero-order chi connectivity index (χ0) is 15.4. The van der Waals surface area contributed by atoms with E-state index < -0.39 is 18.9 Å². The van der Waals surface area contributed by atoms with Crippen molar-refractivity contribution in [3.05, 3.63) is 23.8 Å². The van der Waals surface area contributed by atoms with E-state index in [2.05, 4.69) is 0 Å². The van der Waals surface area contributed by atoms with E-state index in [4.69, 9.17) is 15.4 Å². The van der Waals surface area contributed by atoms with Gasteiger partial charge in [-0.2, -0.15) is 0 Å². The van der Waals surface area contributed by atoms with Crippen LogP contribution in [0.4, 0.5) is 0 Å². The summed E-state index contributed by atoms with van der Waals surface area (Å²) >= 11 is 0. The van der Waals surface area contributed by atoms with Crippen molar-refractivity contribution in [3.63, 3.8) is 0 Å².